The smallest absolute Gasteiger partial charge is 0.289 e. The topological polar surface area (TPSA) is 92.6 Å². The van der Waals surface area contributed by atoms with Gasteiger partial charge >= 0.3 is 0 Å². The van der Waals surface area contributed by atoms with Crippen molar-refractivity contribution in [1.82, 2.24) is 9.62 Å². The van der Waals surface area contributed by atoms with Crippen molar-refractivity contribution in [2.75, 3.05) is 14.1 Å². The number of rotatable bonds is 7. The highest BCUT2D eigenvalue weighted by Gasteiger charge is 2.20. The summed E-state index contributed by atoms with van der Waals surface area (Å²) in [5, 5.41) is 10.8. The highest BCUT2D eigenvalue weighted by molar-refractivity contribution is 7.89. The first kappa shape index (κ1) is 19.3. The maximum absolute atomic E-state index is 12.3. The van der Waals surface area contributed by atoms with E-state index in [1.165, 1.54) is 12.1 Å². The highest BCUT2D eigenvalue weighted by Crippen LogP contribution is 2.27. The summed E-state index contributed by atoms with van der Waals surface area (Å²) >= 11 is 5.70. The lowest BCUT2D eigenvalue weighted by Gasteiger charge is -2.11. The van der Waals surface area contributed by atoms with Crippen LogP contribution in [0.3, 0.4) is 0 Å². The second-order valence-corrected chi connectivity index (χ2v) is 7.92. The van der Waals surface area contributed by atoms with Crippen LogP contribution in [0.25, 0.3) is 0 Å². The number of hydrogen-bond donors (Lipinski definition) is 1. The Labute approximate surface area is 151 Å². The predicted molar refractivity (Wildman–Crippen MR) is 96.0 cm³/mol. The molecular weight excluding hydrogens is 366 g/mol. The van der Waals surface area contributed by atoms with E-state index in [1.807, 2.05) is 43.3 Å². The van der Waals surface area contributed by atoms with Crippen LogP contribution >= 0.6 is 11.6 Å². The van der Waals surface area contributed by atoms with E-state index in [0.29, 0.717) is 0 Å². The molecule has 0 aromatic heterocycles. The molecule has 0 aliphatic rings. The summed E-state index contributed by atoms with van der Waals surface area (Å²) in [7, 11) is 0.0495. The van der Waals surface area contributed by atoms with E-state index in [0.717, 1.165) is 23.7 Å². The molecule has 0 saturated carbocycles. The minimum atomic E-state index is -3.88. The second kappa shape index (κ2) is 7.92. The van der Waals surface area contributed by atoms with Crippen molar-refractivity contribution in [2.24, 2.45) is 0 Å². The molecule has 134 valence electrons. The van der Waals surface area contributed by atoms with Crippen molar-refractivity contribution in [2.45, 2.75) is 18.0 Å². The summed E-state index contributed by atoms with van der Waals surface area (Å²) in [5.74, 6) is 0. The van der Waals surface area contributed by atoms with Crippen LogP contribution in [0.2, 0.25) is 5.02 Å². The van der Waals surface area contributed by atoms with Crippen molar-refractivity contribution < 1.29 is 13.3 Å². The Hall–Kier alpha value is -2.00. The van der Waals surface area contributed by atoms with E-state index in [2.05, 4.69) is 4.72 Å². The van der Waals surface area contributed by atoms with Crippen LogP contribution in [0.1, 0.15) is 11.1 Å². The molecule has 2 rings (SSSR count). The number of halogens is 1. The summed E-state index contributed by atoms with van der Waals surface area (Å²) in [6.45, 7) is 0.876. The first-order chi connectivity index (χ1) is 11.7. The van der Waals surface area contributed by atoms with Gasteiger partial charge < -0.3 is 4.90 Å². The molecule has 0 bridgehead atoms. The van der Waals surface area contributed by atoms with Crippen LogP contribution in [-0.2, 0) is 23.1 Å². The number of nitro groups is 1. The van der Waals surface area contributed by atoms with Gasteiger partial charge in [0.1, 0.15) is 5.02 Å². The van der Waals surface area contributed by atoms with Crippen LogP contribution in [0.4, 0.5) is 5.69 Å². The van der Waals surface area contributed by atoms with Gasteiger partial charge in [0.05, 0.1) is 9.82 Å². The Balaban J connectivity index is 2.11. The maximum atomic E-state index is 12.3. The van der Waals surface area contributed by atoms with Crippen molar-refractivity contribution in [3.8, 4) is 0 Å². The van der Waals surface area contributed by atoms with Gasteiger partial charge in [-0.1, -0.05) is 35.9 Å². The molecule has 1 N–H and O–H groups in total. The average Bonchev–Trinajstić information content (AvgIpc) is 2.53. The minimum absolute atomic E-state index is 0.0843. The quantitative estimate of drug-likeness (QED) is 0.586. The summed E-state index contributed by atoms with van der Waals surface area (Å²) in [6, 6.07) is 10.9. The molecule has 0 saturated heterocycles. The van der Waals surface area contributed by atoms with Gasteiger partial charge in [0.15, 0.2) is 0 Å². The molecule has 0 unspecified atom stereocenters. The third-order valence-corrected chi connectivity index (χ3v) is 5.13. The number of benzene rings is 2. The second-order valence-electron chi connectivity index (χ2n) is 5.75. The summed E-state index contributed by atoms with van der Waals surface area (Å²) in [6.07, 6.45) is 0. The number of hydrogen-bond acceptors (Lipinski definition) is 5. The van der Waals surface area contributed by atoms with Gasteiger partial charge in [-0.25, -0.2) is 13.1 Å². The molecule has 0 radical (unpaired) electrons. The average molecular weight is 384 g/mol. The third-order valence-electron chi connectivity index (χ3n) is 3.41. The van der Waals surface area contributed by atoms with Crippen molar-refractivity contribution >= 4 is 27.3 Å². The zero-order valence-electron chi connectivity index (χ0n) is 13.8. The Morgan fingerprint density at radius 1 is 1.12 bits per heavy atom. The van der Waals surface area contributed by atoms with Crippen molar-refractivity contribution in [3.05, 3.63) is 68.7 Å². The van der Waals surface area contributed by atoms with Gasteiger partial charge in [-0.15, -0.1) is 0 Å². The van der Waals surface area contributed by atoms with E-state index in [4.69, 9.17) is 11.6 Å². The predicted octanol–water partition coefficient (Wildman–Crippen LogP) is 2.79. The molecular formula is C16H18ClN3O4S. The summed E-state index contributed by atoms with van der Waals surface area (Å²) in [4.78, 5) is 12.0. The van der Waals surface area contributed by atoms with E-state index >= 15 is 0 Å². The molecule has 7 nitrogen and oxygen atoms in total. The highest BCUT2D eigenvalue weighted by atomic mass is 35.5. The minimum Gasteiger partial charge on any atom is -0.305 e. The van der Waals surface area contributed by atoms with E-state index in [9.17, 15) is 18.5 Å². The largest absolute Gasteiger partial charge is 0.305 e. The van der Waals surface area contributed by atoms with Crippen LogP contribution in [0.5, 0.6) is 0 Å². The van der Waals surface area contributed by atoms with Crippen LogP contribution in [0.15, 0.2) is 47.4 Å². The van der Waals surface area contributed by atoms with Gasteiger partial charge in [-0.05, 0) is 37.4 Å². The normalized spacial score (nSPS) is 11.7. The lowest BCUT2D eigenvalue weighted by atomic mass is 10.1. The number of sulfonamides is 1. The molecule has 0 spiro atoms. The molecule has 2 aromatic rings. The fourth-order valence-corrected chi connectivity index (χ4v) is 3.41. The monoisotopic (exact) mass is 383 g/mol. The molecule has 0 fully saturated rings. The molecule has 0 amide bonds. The maximum Gasteiger partial charge on any atom is 0.289 e. The van der Waals surface area contributed by atoms with Gasteiger partial charge in [0.2, 0.25) is 10.0 Å². The first-order valence-corrected chi connectivity index (χ1v) is 9.21. The molecule has 0 aliphatic heterocycles. The Kier molecular flexibility index (Phi) is 6.12. The zero-order chi connectivity index (χ0) is 18.6. The lowest BCUT2D eigenvalue weighted by Crippen LogP contribution is -2.23. The summed E-state index contributed by atoms with van der Waals surface area (Å²) < 4.78 is 27.1. The van der Waals surface area contributed by atoms with Crippen molar-refractivity contribution in [1.29, 1.82) is 0 Å². The van der Waals surface area contributed by atoms with E-state index < -0.39 is 20.6 Å². The zero-order valence-corrected chi connectivity index (χ0v) is 15.3. The van der Waals surface area contributed by atoms with Gasteiger partial charge in [0, 0.05) is 19.2 Å². The molecule has 0 atom stereocenters. The molecule has 0 heterocycles. The fourth-order valence-electron chi connectivity index (χ4n) is 2.19. The Bertz CT molecular complexity index is 867. The molecule has 25 heavy (non-hydrogen) atoms. The van der Waals surface area contributed by atoms with Gasteiger partial charge in [0.25, 0.3) is 5.69 Å². The number of nitrogens with zero attached hydrogens (tertiary/aromatic N) is 2. The number of nitro benzene ring substituents is 1. The van der Waals surface area contributed by atoms with E-state index in [-0.39, 0.29) is 16.5 Å². The molecule has 2 aromatic carbocycles. The lowest BCUT2D eigenvalue weighted by molar-refractivity contribution is -0.384. The number of nitrogens with one attached hydrogen (secondary N) is 1. The van der Waals surface area contributed by atoms with Crippen LogP contribution in [-0.4, -0.2) is 32.3 Å². The summed E-state index contributed by atoms with van der Waals surface area (Å²) in [5.41, 5.74) is 1.46. The van der Waals surface area contributed by atoms with Crippen LogP contribution in [0, 0.1) is 10.1 Å². The van der Waals surface area contributed by atoms with E-state index in [1.54, 1.807) is 0 Å². The molecule has 9 heteroatoms. The molecule has 0 aliphatic carbocycles. The Morgan fingerprint density at radius 3 is 2.28 bits per heavy atom. The SMILES string of the molecule is CN(C)Cc1ccc(CNS(=O)(=O)c2ccc(Cl)c([N+](=O)[O-])c2)cc1. The van der Waals surface area contributed by atoms with Gasteiger partial charge in [-0.3, -0.25) is 10.1 Å². The first-order valence-electron chi connectivity index (χ1n) is 7.35. The van der Waals surface area contributed by atoms with Crippen molar-refractivity contribution in [3.63, 3.8) is 0 Å². The van der Waals surface area contributed by atoms with Gasteiger partial charge in [-0.2, -0.15) is 0 Å². The fraction of sp³-hybridized carbons (Fsp3) is 0.250. The third kappa shape index (κ3) is 5.23. The van der Waals surface area contributed by atoms with Crippen LogP contribution < -0.4 is 4.72 Å². The Morgan fingerprint density at radius 2 is 1.72 bits per heavy atom. The standard InChI is InChI=1S/C16H18ClN3O4S/c1-19(2)11-13-5-3-12(4-6-13)10-18-25(23,24)14-7-8-15(17)16(9-14)20(21)22/h3-9,18H,10-11H2,1-2H3.